The van der Waals surface area contributed by atoms with Crippen molar-refractivity contribution in [2.45, 2.75) is 52.6 Å². The van der Waals surface area contributed by atoms with E-state index in [1.165, 1.54) is 0 Å². The normalized spacial score (nSPS) is 10.8. The van der Waals surface area contributed by atoms with E-state index in [9.17, 15) is 4.79 Å². The van der Waals surface area contributed by atoms with Crippen LogP contribution in [0, 0.1) is 0 Å². The molecule has 0 radical (unpaired) electrons. The second-order valence-corrected chi connectivity index (χ2v) is 5.77. The molecular formula is C17H24N4O2. The number of carbonyl (C=O) groups excluding carboxylic acids is 1. The molecule has 1 heterocycles. The Kier molecular flexibility index (Phi) is 6.14. The summed E-state index contributed by atoms with van der Waals surface area (Å²) in [6.07, 6.45) is 3.00. The molecular weight excluding hydrogens is 292 g/mol. The van der Waals surface area contributed by atoms with E-state index in [-0.39, 0.29) is 11.9 Å². The number of benzene rings is 1. The molecule has 0 saturated heterocycles. The molecule has 0 saturated carbocycles. The van der Waals surface area contributed by atoms with Gasteiger partial charge in [-0.25, -0.2) is 0 Å². The molecule has 1 amide bonds. The third kappa shape index (κ3) is 5.39. The highest BCUT2D eigenvalue weighted by molar-refractivity contribution is 5.95. The lowest BCUT2D eigenvalue weighted by atomic mass is 10.2. The van der Waals surface area contributed by atoms with Crippen LogP contribution in [0.1, 0.15) is 55.7 Å². The summed E-state index contributed by atoms with van der Waals surface area (Å²) < 4.78 is 5.21. The fourth-order valence-electron chi connectivity index (χ4n) is 2.09. The van der Waals surface area contributed by atoms with Crippen molar-refractivity contribution in [2.75, 3.05) is 5.32 Å². The Labute approximate surface area is 136 Å². The zero-order chi connectivity index (χ0) is 16.7. The van der Waals surface area contributed by atoms with E-state index in [2.05, 4.69) is 27.7 Å². The van der Waals surface area contributed by atoms with E-state index in [1.807, 2.05) is 32.0 Å². The highest BCUT2D eigenvalue weighted by Crippen LogP contribution is 2.12. The number of aromatic nitrogens is 2. The lowest BCUT2D eigenvalue weighted by Crippen LogP contribution is -2.30. The van der Waals surface area contributed by atoms with Gasteiger partial charge in [0.1, 0.15) is 0 Å². The number of carbonyl (C=O) groups is 1. The van der Waals surface area contributed by atoms with E-state index in [1.54, 1.807) is 6.07 Å². The minimum Gasteiger partial charge on any atom is -0.376 e. The molecule has 0 spiro atoms. The number of amides is 1. The number of nitrogens with zero attached hydrogens (tertiary/aromatic N) is 2. The molecule has 0 aliphatic rings. The monoisotopic (exact) mass is 316 g/mol. The molecule has 0 unspecified atom stereocenters. The van der Waals surface area contributed by atoms with E-state index >= 15 is 0 Å². The van der Waals surface area contributed by atoms with Gasteiger partial charge < -0.3 is 15.2 Å². The Bertz CT molecular complexity index is 637. The highest BCUT2D eigenvalue weighted by atomic mass is 16.5. The molecule has 0 aliphatic heterocycles. The van der Waals surface area contributed by atoms with Crippen LogP contribution in [-0.2, 0) is 13.0 Å². The third-order valence-electron chi connectivity index (χ3n) is 3.25. The van der Waals surface area contributed by atoms with Gasteiger partial charge in [-0.15, -0.1) is 0 Å². The van der Waals surface area contributed by atoms with Crippen LogP contribution in [0.2, 0.25) is 0 Å². The second kappa shape index (κ2) is 8.31. The van der Waals surface area contributed by atoms with Gasteiger partial charge in [0.25, 0.3) is 5.91 Å². The fraction of sp³-hybridized carbons (Fsp3) is 0.471. The van der Waals surface area contributed by atoms with Gasteiger partial charge in [-0.1, -0.05) is 24.6 Å². The second-order valence-electron chi connectivity index (χ2n) is 5.77. The summed E-state index contributed by atoms with van der Waals surface area (Å²) in [6.45, 7) is 6.44. The lowest BCUT2D eigenvalue weighted by molar-refractivity contribution is 0.0943. The number of hydrogen-bond acceptors (Lipinski definition) is 5. The van der Waals surface area contributed by atoms with E-state index < -0.39 is 0 Å². The number of aryl methyl sites for hydroxylation is 1. The topological polar surface area (TPSA) is 80.0 Å². The van der Waals surface area contributed by atoms with Crippen molar-refractivity contribution in [1.82, 2.24) is 15.5 Å². The van der Waals surface area contributed by atoms with Gasteiger partial charge >= 0.3 is 0 Å². The molecule has 124 valence electrons. The first-order valence-corrected chi connectivity index (χ1v) is 8.04. The molecule has 1 aromatic carbocycles. The van der Waals surface area contributed by atoms with Crippen molar-refractivity contribution in [1.29, 1.82) is 0 Å². The predicted molar refractivity (Wildman–Crippen MR) is 89.3 cm³/mol. The molecule has 2 rings (SSSR count). The first-order chi connectivity index (χ1) is 11.1. The quantitative estimate of drug-likeness (QED) is 0.782. The minimum absolute atomic E-state index is 0.0803. The largest absolute Gasteiger partial charge is 0.376 e. The Morgan fingerprint density at radius 3 is 2.91 bits per heavy atom. The Balaban J connectivity index is 1.93. The maximum Gasteiger partial charge on any atom is 0.251 e. The van der Waals surface area contributed by atoms with Gasteiger partial charge in [-0.05, 0) is 38.5 Å². The summed E-state index contributed by atoms with van der Waals surface area (Å²) in [5.74, 6) is 1.21. The van der Waals surface area contributed by atoms with Crippen LogP contribution in [0.3, 0.4) is 0 Å². The minimum atomic E-state index is -0.0803. The van der Waals surface area contributed by atoms with Crippen molar-refractivity contribution in [3.05, 3.63) is 41.5 Å². The summed E-state index contributed by atoms with van der Waals surface area (Å²) in [5, 5.41) is 10.0. The SMILES string of the molecule is CCCCc1noc(CNc2cccc(C(=O)NC(C)C)c2)n1. The first-order valence-electron chi connectivity index (χ1n) is 8.04. The average molecular weight is 316 g/mol. The molecule has 2 aromatic rings. The standard InChI is InChI=1S/C17H24N4O2/c1-4-5-9-15-20-16(23-21-15)11-18-14-8-6-7-13(10-14)17(22)19-12(2)3/h6-8,10,12,18H,4-5,9,11H2,1-3H3,(H,19,22). The van der Waals surface area contributed by atoms with Gasteiger partial charge in [0, 0.05) is 23.7 Å². The summed E-state index contributed by atoms with van der Waals surface area (Å²) in [4.78, 5) is 16.3. The smallest absolute Gasteiger partial charge is 0.251 e. The van der Waals surface area contributed by atoms with Crippen LogP contribution in [0.15, 0.2) is 28.8 Å². The number of anilines is 1. The zero-order valence-electron chi connectivity index (χ0n) is 13.9. The van der Waals surface area contributed by atoms with Crippen molar-refractivity contribution in [3.63, 3.8) is 0 Å². The van der Waals surface area contributed by atoms with Gasteiger partial charge in [-0.2, -0.15) is 4.98 Å². The molecule has 0 bridgehead atoms. The van der Waals surface area contributed by atoms with Crippen LogP contribution < -0.4 is 10.6 Å². The summed E-state index contributed by atoms with van der Waals surface area (Å²) in [5.41, 5.74) is 1.47. The third-order valence-corrected chi connectivity index (χ3v) is 3.25. The van der Waals surface area contributed by atoms with E-state index in [4.69, 9.17) is 4.52 Å². The number of unbranched alkanes of at least 4 members (excludes halogenated alkanes) is 1. The van der Waals surface area contributed by atoms with E-state index in [0.29, 0.717) is 18.0 Å². The number of nitrogens with one attached hydrogen (secondary N) is 2. The van der Waals surface area contributed by atoms with Gasteiger partial charge in [0.2, 0.25) is 5.89 Å². The zero-order valence-corrected chi connectivity index (χ0v) is 13.9. The predicted octanol–water partition coefficient (Wildman–Crippen LogP) is 3.16. The maximum absolute atomic E-state index is 12.0. The van der Waals surface area contributed by atoms with Crippen molar-refractivity contribution in [2.24, 2.45) is 0 Å². The van der Waals surface area contributed by atoms with Crippen LogP contribution in [-0.4, -0.2) is 22.1 Å². The molecule has 23 heavy (non-hydrogen) atoms. The van der Waals surface area contributed by atoms with Crippen LogP contribution >= 0.6 is 0 Å². The Hall–Kier alpha value is -2.37. The average Bonchev–Trinajstić information content (AvgIpc) is 2.98. The molecule has 0 aliphatic carbocycles. The van der Waals surface area contributed by atoms with Gasteiger partial charge in [-0.3, -0.25) is 4.79 Å². The van der Waals surface area contributed by atoms with Crippen LogP contribution in [0.4, 0.5) is 5.69 Å². The molecule has 0 fully saturated rings. The first kappa shape index (κ1) is 17.0. The summed E-state index contributed by atoms with van der Waals surface area (Å²) in [6, 6.07) is 7.46. The number of hydrogen-bond donors (Lipinski definition) is 2. The van der Waals surface area contributed by atoms with Crippen LogP contribution in [0.5, 0.6) is 0 Å². The van der Waals surface area contributed by atoms with Crippen molar-refractivity contribution < 1.29 is 9.32 Å². The van der Waals surface area contributed by atoms with Gasteiger partial charge in [0.15, 0.2) is 5.82 Å². The molecule has 6 nitrogen and oxygen atoms in total. The summed E-state index contributed by atoms with van der Waals surface area (Å²) >= 11 is 0. The Morgan fingerprint density at radius 2 is 2.17 bits per heavy atom. The van der Waals surface area contributed by atoms with Crippen molar-refractivity contribution >= 4 is 11.6 Å². The maximum atomic E-state index is 12.0. The number of rotatable bonds is 8. The fourth-order valence-corrected chi connectivity index (χ4v) is 2.09. The molecule has 0 atom stereocenters. The van der Waals surface area contributed by atoms with Crippen LogP contribution in [0.25, 0.3) is 0 Å². The molecule has 2 N–H and O–H groups in total. The van der Waals surface area contributed by atoms with E-state index in [0.717, 1.165) is 30.8 Å². The lowest BCUT2D eigenvalue weighted by Gasteiger charge is -2.10. The van der Waals surface area contributed by atoms with Gasteiger partial charge in [0.05, 0.1) is 6.54 Å². The molecule has 6 heteroatoms. The highest BCUT2D eigenvalue weighted by Gasteiger charge is 2.09. The molecule has 1 aromatic heterocycles. The van der Waals surface area contributed by atoms with Crippen molar-refractivity contribution in [3.8, 4) is 0 Å². The Morgan fingerprint density at radius 1 is 1.35 bits per heavy atom. The summed E-state index contributed by atoms with van der Waals surface area (Å²) in [7, 11) is 0.